The average Bonchev–Trinajstić information content (AvgIpc) is 2.83. The molecule has 1 amide bonds. The Kier molecular flexibility index (Phi) is 5.76. The molecule has 4 nitrogen and oxygen atoms in total. The summed E-state index contributed by atoms with van der Waals surface area (Å²) in [4.78, 5) is 14.0. The number of carbonyl (C=O) groups is 1. The van der Waals surface area contributed by atoms with Gasteiger partial charge >= 0.3 is 0 Å². The van der Waals surface area contributed by atoms with Crippen LogP contribution in [-0.4, -0.2) is 37.1 Å². The van der Waals surface area contributed by atoms with Gasteiger partial charge < -0.3 is 9.64 Å². The minimum Gasteiger partial charge on any atom is -0.381 e. The van der Waals surface area contributed by atoms with Crippen LogP contribution >= 0.6 is 0 Å². The van der Waals surface area contributed by atoms with Crippen molar-refractivity contribution in [3.63, 3.8) is 0 Å². The molecule has 21 heavy (non-hydrogen) atoms. The monoisotopic (exact) mass is 290 g/mol. The molecular formula is C17H26N2O2. The van der Waals surface area contributed by atoms with Crippen LogP contribution in [0.2, 0.25) is 0 Å². The molecule has 0 aliphatic carbocycles. The molecule has 1 unspecified atom stereocenters. The summed E-state index contributed by atoms with van der Waals surface area (Å²) in [5.74, 6) is 0.177. The Morgan fingerprint density at radius 1 is 1.33 bits per heavy atom. The fourth-order valence-corrected chi connectivity index (χ4v) is 2.71. The number of ether oxygens (including phenoxy) is 1. The first-order valence-corrected chi connectivity index (χ1v) is 7.81. The van der Waals surface area contributed by atoms with E-state index < -0.39 is 0 Å². The highest BCUT2D eigenvalue weighted by atomic mass is 16.5. The lowest BCUT2D eigenvalue weighted by molar-refractivity contribution is -0.128. The number of benzene rings is 1. The minimum absolute atomic E-state index is 0.00331. The third-order valence-corrected chi connectivity index (χ3v) is 3.84. The number of amides is 1. The van der Waals surface area contributed by atoms with E-state index in [-0.39, 0.29) is 12.1 Å². The number of nitrogens with one attached hydrogen (secondary N) is 1. The second-order valence-corrected chi connectivity index (χ2v) is 5.70. The molecule has 116 valence electrons. The second-order valence-electron chi connectivity index (χ2n) is 5.70. The molecule has 1 atom stereocenters. The smallest absolute Gasteiger partial charge is 0.238 e. The maximum atomic E-state index is 12.1. The van der Waals surface area contributed by atoms with Crippen molar-refractivity contribution in [3.05, 3.63) is 34.9 Å². The van der Waals surface area contributed by atoms with E-state index in [1.807, 2.05) is 4.90 Å². The molecule has 1 N–H and O–H groups in total. The van der Waals surface area contributed by atoms with Crippen LogP contribution in [0.25, 0.3) is 0 Å². The van der Waals surface area contributed by atoms with Gasteiger partial charge in [0.2, 0.25) is 5.91 Å². The Morgan fingerprint density at radius 3 is 2.90 bits per heavy atom. The van der Waals surface area contributed by atoms with Crippen molar-refractivity contribution in [3.8, 4) is 0 Å². The van der Waals surface area contributed by atoms with Gasteiger partial charge in [-0.2, -0.15) is 0 Å². The van der Waals surface area contributed by atoms with Crippen molar-refractivity contribution < 1.29 is 9.53 Å². The Bertz CT molecular complexity index is 488. The summed E-state index contributed by atoms with van der Waals surface area (Å²) in [6, 6.07) is 6.41. The highest BCUT2D eigenvalue weighted by Crippen LogP contribution is 2.26. The lowest BCUT2D eigenvalue weighted by Gasteiger charge is -2.26. The largest absolute Gasteiger partial charge is 0.381 e. The first-order chi connectivity index (χ1) is 10.1. The standard InChI is InChI=1S/C17H26N2O2/c1-4-9-21-10-5-8-19-16(20)12-18-17(19)15-11-13(2)6-7-14(15)3/h6-7,11,17-18H,4-5,8-10,12H2,1-3H3. The van der Waals surface area contributed by atoms with Crippen LogP contribution in [0.3, 0.4) is 0 Å². The molecule has 0 saturated carbocycles. The van der Waals surface area contributed by atoms with E-state index in [4.69, 9.17) is 4.74 Å². The van der Waals surface area contributed by atoms with Crippen LogP contribution in [0.5, 0.6) is 0 Å². The first-order valence-electron chi connectivity index (χ1n) is 7.81. The van der Waals surface area contributed by atoms with Crippen LogP contribution in [0.4, 0.5) is 0 Å². The third-order valence-electron chi connectivity index (χ3n) is 3.84. The van der Waals surface area contributed by atoms with Gasteiger partial charge in [0.15, 0.2) is 0 Å². The molecule has 1 aliphatic rings. The lowest BCUT2D eigenvalue weighted by atomic mass is 10.0. The van der Waals surface area contributed by atoms with E-state index in [9.17, 15) is 4.79 Å². The predicted molar refractivity (Wildman–Crippen MR) is 84.1 cm³/mol. The van der Waals surface area contributed by atoms with Gasteiger partial charge in [-0.25, -0.2) is 0 Å². The molecule has 1 heterocycles. The quantitative estimate of drug-likeness (QED) is 0.785. The van der Waals surface area contributed by atoms with Gasteiger partial charge in [0, 0.05) is 19.8 Å². The molecule has 1 fully saturated rings. The van der Waals surface area contributed by atoms with Gasteiger partial charge in [-0.15, -0.1) is 0 Å². The summed E-state index contributed by atoms with van der Waals surface area (Å²) in [5.41, 5.74) is 3.65. The van der Waals surface area contributed by atoms with Gasteiger partial charge in [0.05, 0.1) is 6.54 Å². The van der Waals surface area contributed by atoms with Gasteiger partial charge in [0.1, 0.15) is 6.17 Å². The molecular weight excluding hydrogens is 264 g/mol. The fourth-order valence-electron chi connectivity index (χ4n) is 2.71. The number of hydrogen-bond acceptors (Lipinski definition) is 3. The van der Waals surface area contributed by atoms with Gasteiger partial charge in [-0.05, 0) is 37.8 Å². The second kappa shape index (κ2) is 7.57. The highest BCUT2D eigenvalue weighted by Gasteiger charge is 2.31. The zero-order valence-corrected chi connectivity index (χ0v) is 13.3. The summed E-state index contributed by atoms with van der Waals surface area (Å²) in [6.45, 7) is 8.97. The number of aryl methyl sites for hydroxylation is 2. The molecule has 1 aromatic rings. The Morgan fingerprint density at radius 2 is 2.14 bits per heavy atom. The summed E-state index contributed by atoms with van der Waals surface area (Å²) in [5, 5.41) is 3.33. The van der Waals surface area contributed by atoms with E-state index in [2.05, 4.69) is 44.3 Å². The SMILES string of the molecule is CCCOCCCN1C(=O)CNC1c1cc(C)ccc1C. The third kappa shape index (κ3) is 4.05. The van der Waals surface area contributed by atoms with Gasteiger partial charge in [-0.3, -0.25) is 10.1 Å². The van der Waals surface area contributed by atoms with E-state index in [0.717, 1.165) is 32.6 Å². The lowest BCUT2D eigenvalue weighted by Crippen LogP contribution is -2.32. The molecule has 0 radical (unpaired) electrons. The normalized spacial score (nSPS) is 18.5. The van der Waals surface area contributed by atoms with Crippen molar-refractivity contribution >= 4 is 5.91 Å². The number of carbonyl (C=O) groups excluding carboxylic acids is 1. The van der Waals surface area contributed by atoms with Gasteiger partial charge in [-0.1, -0.05) is 30.7 Å². The summed E-state index contributed by atoms with van der Waals surface area (Å²) < 4.78 is 5.50. The summed E-state index contributed by atoms with van der Waals surface area (Å²) >= 11 is 0. The minimum atomic E-state index is 0.00331. The Labute approximate surface area is 127 Å². The Hall–Kier alpha value is -1.39. The molecule has 4 heteroatoms. The first kappa shape index (κ1) is 16.0. The zero-order valence-electron chi connectivity index (χ0n) is 13.3. The van der Waals surface area contributed by atoms with Crippen molar-refractivity contribution in [2.24, 2.45) is 0 Å². The van der Waals surface area contributed by atoms with Crippen molar-refractivity contribution in [1.82, 2.24) is 10.2 Å². The molecule has 0 aromatic heterocycles. The molecule has 1 saturated heterocycles. The van der Waals surface area contributed by atoms with Crippen molar-refractivity contribution in [2.45, 2.75) is 39.8 Å². The van der Waals surface area contributed by atoms with E-state index in [0.29, 0.717) is 6.54 Å². The molecule has 2 rings (SSSR count). The van der Waals surface area contributed by atoms with Crippen LogP contribution in [0, 0.1) is 13.8 Å². The van der Waals surface area contributed by atoms with Crippen LogP contribution < -0.4 is 5.32 Å². The van der Waals surface area contributed by atoms with Crippen molar-refractivity contribution in [1.29, 1.82) is 0 Å². The van der Waals surface area contributed by atoms with Crippen LogP contribution in [0.1, 0.15) is 42.6 Å². The maximum absolute atomic E-state index is 12.1. The topological polar surface area (TPSA) is 41.6 Å². The highest BCUT2D eigenvalue weighted by molar-refractivity contribution is 5.81. The van der Waals surface area contributed by atoms with Gasteiger partial charge in [0.25, 0.3) is 0 Å². The predicted octanol–water partition coefficient (Wildman–Crippen LogP) is 2.55. The number of nitrogens with zero attached hydrogens (tertiary/aromatic N) is 1. The number of hydrogen-bond donors (Lipinski definition) is 1. The van der Waals surface area contributed by atoms with Crippen molar-refractivity contribution in [2.75, 3.05) is 26.3 Å². The molecule has 0 bridgehead atoms. The van der Waals surface area contributed by atoms with E-state index >= 15 is 0 Å². The summed E-state index contributed by atoms with van der Waals surface area (Å²) in [7, 11) is 0. The average molecular weight is 290 g/mol. The molecule has 0 spiro atoms. The summed E-state index contributed by atoms with van der Waals surface area (Å²) in [6.07, 6.45) is 1.92. The molecule has 1 aliphatic heterocycles. The van der Waals surface area contributed by atoms with Crippen LogP contribution in [-0.2, 0) is 9.53 Å². The van der Waals surface area contributed by atoms with E-state index in [1.54, 1.807) is 0 Å². The Balaban J connectivity index is 2.01. The zero-order chi connectivity index (χ0) is 15.2. The fraction of sp³-hybridized carbons (Fsp3) is 0.588. The van der Waals surface area contributed by atoms with Crippen LogP contribution in [0.15, 0.2) is 18.2 Å². The molecule has 1 aromatic carbocycles. The number of rotatable bonds is 7. The van der Waals surface area contributed by atoms with E-state index in [1.165, 1.54) is 16.7 Å². The maximum Gasteiger partial charge on any atom is 0.238 e.